The van der Waals surface area contributed by atoms with Crippen molar-refractivity contribution in [3.63, 3.8) is 0 Å². The molecule has 2 N–H and O–H groups in total. The van der Waals surface area contributed by atoms with Gasteiger partial charge in [0.25, 0.3) is 0 Å². The average molecular weight is 305 g/mol. The van der Waals surface area contributed by atoms with Crippen LogP contribution in [-0.4, -0.2) is 16.1 Å². The van der Waals surface area contributed by atoms with Crippen molar-refractivity contribution >= 4 is 11.0 Å². The van der Waals surface area contributed by atoms with Crippen molar-refractivity contribution in [2.45, 2.75) is 13.0 Å². The second-order valence-corrected chi connectivity index (χ2v) is 5.15. The van der Waals surface area contributed by atoms with Crippen LogP contribution in [0.1, 0.15) is 13.0 Å². The lowest BCUT2D eigenvalue weighted by Gasteiger charge is -2.16. The second-order valence-electron chi connectivity index (χ2n) is 5.15. The molecule has 2 aromatic carbocycles. The zero-order chi connectivity index (χ0) is 15.9. The average Bonchev–Trinajstić information content (AvgIpc) is 2.86. The molecular formula is C16H14F3N3. The Hall–Kier alpha value is -2.34. The Morgan fingerprint density at radius 3 is 2.36 bits per heavy atom. The van der Waals surface area contributed by atoms with Gasteiger partial charge < -0.3 is 10.3 Å². The third-order valence-electron chi connectivity index (χ3n) is 3.62. The zero-order valence-corrected chi connectivity index (χ0v) is 11.9. The van der Waals surface area contributed by atoms with E-state index in [1.165, 1.54) is 12.1 Å². The molecule has 0 aliphatic carbocycles. The van der Waals surface area contributed by atoms with Crippen LogP contribution in [0.15, 0.2) is 36.4 Å². The molecule has 3 rings (SSSR count). The number of hydrogen-bond donors (Lipinski definition) is 1. The highest BCUT2D eigenvalue weighted by molar-refractivity contribution is 5.81. The minimum Gasteiger partial charge on any atom is -0.328 e. The Morgan fingerprint density at radius 2 is 1.73 bits per heavy atom. The lowest BCUT2D eigenvalue weighted by molar-refractivity contribution is 0.509. The van der Waals surface area contributed by atoms with Crippen LogP contribution in [0.3, 0.4) is 0 Å². The Morgan fingerprint density at radius 1 is 1.09 bits per heavy atom. The highest BCUT2D eigenvalue weighted by Crippen LogP contribution is 2.29. The number of aromatic nitrogens is 2. The van der Waals surface area contributed by atoms with Gasteiger partial charge in [0.15, 0.2) is 11.6 Å². The summed E-state index contributed by atoms with van der Waals surface area (Å²) in [5.74, 6) is -1.76. The first-order chi connectivity index (χ1) is 10.5. The smallest absolute Gasteiger partial charge is 0.161 e. The predicted molar refractivity (Wildman–Crippen MR) is 78.8 cm³/mol. The maximum absolute atomic E-state index is 13.6. The van der Waals surface area contributed by atoms with Gasteiger partial charge >= 0.3 is 0 Å². The van der Waals surface area contributed by atoms with Gasteiger partial charge in [0, 0.05) is 30.3 Å². The number of nitrogens with two attached hydrogens (primary N) is 1. The first kappa shape index (κ1) is 14.6. The van der Waals surface area contributed by atoms with E-state index in [2.05, 4.69) is 4.98 Å². The maximum Gasteiger partial charge on any atom is 0.161 e. The van der Waals surface area contributed by atoms with Gasteiger partial charge in [0.1, 0.15) is 11.6 Å². The van der Waals surface area contributed by atoms with Crippen molar-refractivity contribution in [2.24, 2.45) is 5.73 Å². The van der Waals surface area contributed by atoms with Gasteiger partial charge in [-0.05, 0) is 31.2 Å². The van der Waals surface area contributed by atoms with Crippen molar-refractivity contribution in [3.05, 3.63) is 53.8 Å². The van der Waals surface area contributed by atoms with Crippen molar-refractivity contribution < 1.29 is 13.2 Å². The lowest BCUT2D eigenvalue weighted by Crippen LogP contribution is -2.17. The molecule has 0 fully saturated rings. The molecule has 0 saturated carbocycles. The van der Waals surface area contributed by atoms with Crippen LogP contribution in [0.25, 0.3) is 22.4 Å². The molecule has 6 heteroatoms. The summed E-state index contributed by atoms with van der Waals surface area (Å²) in [6, 6.07) is 7.76. The van der Waals surface area contributed by atoms with Crippen molar-refractivity contribution in [2.75, 3.05) is 6.54 Å². The second kappa shape index (κ2) is 5.46. The van der Waals surface area contributed by atoms with Crippen LogP contribution >= 0.6 is 0 Å². The van der Waals surface area contributed by atoms with Gasteiger partial charge in [0.05, 0.1) is 11.0 Å². The molecule has 0 spiro atoms. The summed E-state index contributed by atoms with van der Waals surface area (Å²) in [7, 11) is 0. The molecule has 114 valence electrons. The van der Waals surface area contributed by atoms with Crippen molar-refractivity contribution in [3.8, 4) is 11.4 Å². The van der Waals surface area contributed by atoms with Gasteiger partial charge in [-0.2, -0.15) is 0 Å². The van der Waals surface area contributed by atoms with Crippen LogP contribution in [0.4, 0.5) is 13.2 Å². The standard InChI is InChI=1S/C16H14F3N3/c1-9(8-20)22-15-7-13(19)12(18)6-14(15)21-16(22)10-2-4-11(17)5-3-10/h2-7,9H,8,20H2,1H3. The molecule has 3 aromatic rings. The summed E-state index contributed by atoms with van der Waals surface area (Å²) < 4.78 is 41.8. The van der Waals surface area contributed by atoms with E-state index < -0.39 is 11.6 Å². The Kier molecular flexibility index (Phi) is 3.62. The topological polar surface area (TPSA) is 43.8 Å². The molecule has 0 aliphatic rings. The molecule has 1 aromatic heterocycles. The number of imidazole rings is 1. The number of hydrogen-bond acceptors (Lipinski definition) is 2. The quantitative estimate of drug-likeness (QED) is 0.803. The minimum absolute atomic E-state index is 0.171. The summed E-state index contributed by atoms with van der Waals surface area (Å²) in [4.78, 5) is 4.36. The molecule has 22 heavy (non-hydrogen) atoms. The number of benzene rings is 2. The Bertz CT molecular complexity index is 825. The third kappa shape index (κ3) is 2.35. The first-order valence-electron chi connectivity index (χ1n) is 6.84. The molecular weight excluding hydrogens is 291 g/mol. The van der Waals surface area contributed by atoms with Crippen LogP contribution in [0.5, 0.6) is 0 Å². The summed E-state index contributed by atoms with van der Waals surface area (Å²) in [5, 5.41) is 0. The Labute approximate surface area is 125 Å². The lowest BCUT2D eigenvalue weighted by atomic mass is 10.2. The van der Waals surface area contributed by atoms with E-state index in [1.54, 1.807) is 16.7 Å². The van der Waals surface area contributed by atoms with Crippen LogP contribution < -0.4 is 5.73 Å². The molecule has 3 nitrogen and oxygen atoms in total. The van der Waals surface area contributed by atoms with Crippen LogP contribution in [0.2, 0.25) is 0 Å². The predicted octanol–water partition coefficient (Wildman–Crippen LogP) is 3.64. The van der Waals surface area contributed by atoms with Gasteiger partial charge in [-0.1, -0.05) is 0 Å². The number of nitrogens with zero attached hydrogens (tertiary/aromatic N) is 2. The van der Waals surface area contributed by atoms with E-state index in [1.807, 2.05) is 6.92 Å². The van der Waals surface area contributed by atoms with E-state index in [-0.39, 0.29) is 11.9 Å². The Balaban J connectivity index is 2.30. The minimum atomic E-state index is -0.955. The highest BCUT2D eigenvalue weighted by atomic mass is 19.2. The summed E-state index contributed by atoms with van der Waals surface area (Å²) in [6.45, 7) is 2.16. The third-order valence-corrected chi connectivity index (χ3v) is 3.62. The molecule has 0 radical (unpaired) electrons. The SMILES string of the molecule is CC(CN)n1c(-c2ccc(F)cc2)nc2cc(F)c(F)cc21. The fraction of sp³-hybridized carbons (Fsp3) is 0.188. The first-order valence-corrected chi connectivity index (χ1v) is 6.84. The normalized spacial score (nSPS) is 12.8. The van der Waals surface area contributed by atoms with Crippen molar-refractivity contribution in [1.82, 2.24) is 9.55 Å². The van der Waals surface area contributed by atoms with Gasteiger partial charge in [-0.3, -0.25) is 0 Å². The molecule has 0 amide bonds. The molecule has 1 unspecified atom stereocenters. The fourth-order valence-electron chi connectivity index (χ4n) is 2.44. The highest BCUT2D eigenvalue weighted by Gasteiger charge is 2.18. The van der Waals surface area contributed by atoms with E-state index in [9.17, 15) is 13.2 Å². The number of fused-ring (bicyclic) bond motifs is 1. The molecule has 1 atom stereocenters. The van der Waals surface area contributed by atoms with Gasteiger partial charge in [0.2, 0.25) is 0 Å². The van der Waals surface area contributed by atoms with Crippen LogP contribution in [0, 0.1) is 17.5 Å². The van der Waals surface area contributed by atoms with Crippen LogP contribution in [-0.2, 0) is 0 Å². The summed E-state index contributed by atoms with van der Waals surface area (Å²) in [6.07, 6.45) is 0. The molecule has 0 saturated heterocycles. The summed E-state index contributed by atoms with van der Waals surface area (Å²) in [5.41, 5.74) is 7.16. The van der Waals surface area contributed by atoms with E-state index in [4.69, 9.17) is 5.73 Å². The van der Waals surface area contributed by atoms with Gasteiger partial charge in [-0.25, -0.2) is 18.2 Å². The van der Waals surface area contributed by atoms with E-state index in [0.717, 1.165) is 12.1 Å². The largest absolute Gasteiger partial charge is 0.328 e. The maximum atomic E-state index is 13.6. The van der Waals surface area contributed by atoms with E-state index >= 15 is 0 Å². The number of halogens is 3. The summed E-state index contributed by atoms with van der Waals surface area (Å²) >= 11 is 0. The van der Waals surface area contributed by atoms with Gasteiger partial charge in [-0.15, -0.1) is 0 Å². The number of rotatable bonds is 3. The van der Waals surface area contributed by atoms with Crippen molar-refractivity contribution in [1.29, 1.82) is 0 Å². The monoisotopic (exact) mass is 305 g/mol. The molecule has 1 heterocycles. The van der Waals surface area contributed by atoms with E-state index in [0.29, 0.717) is 29.0 Å². The molecule has 0 aliphatic heterocycles. The fourth-order valence-corrected chi connectivity index (χ4v) is 2.44. The zero-order valence-electron chi connectivity index (χ0n) is 11.9. The molecule has 0 bridgehead atoms.